The van der Waals surface area contributed by atoms with E-state index in [2.05, 4.69) is 29.2 Å². The Bertz CT molecular complexity index is 1250. The first-order valence-corrected chi connectivity index (χ1v) is 12.6. The molecule has 1 aliphatic heterocycles. The zero-order valence-corrected chi connectivity index (χ0v) is 21.2. The molecule has 0 radical (unpaired) electrons. The number of aryl methyl sites for hydroxylation is 2. The summed E-state index contributed by atoms with van der Waals surface area (Å²) < 4.78 is 17.4. The van der Waals surface area contributed by atoms with Gasteiger partial charge in [0.25, 0.3) is 5.56 Å². The Kier molecular flexibility index (Phi) is 7.69. The molecule has 7 nitrogen and oxygen atoms in total. The van der Waals surface area contributed by atoms with E-state index in [0.717, 1.165) is 29.7 Å². The molecule has 1 aliphatic rings. The highest BCUT2D eigenvalue weighted by Crippen LogP contribution is 2.24. The fourth-order valence-electron chi connectivity index (χ4n) is 5.39. The number of carbonyl (C=O) groups is 1. The Morgan fingerprint density at radius 2 is 1.86 bits per heavy atom. The molecule has 0 saturated carbocycles. The van der Waals surface area contributed by atoms with E-state index < -0.39 is 0 Å². The van der Waals surface area contributed by atoms with Gasteiger partial charge in [0, 0.05) is 47.5 Å². The summed E-state index contributed by atoms with van der Waals surface area (Å²) in [5.74, 6) is -0.501. The Morgan fingerprint density at radius 3 is 2.57 bits per heavy atom. The van der Waals surface area contributed by atoms with Gasteiger partial charge in [-0.3, -0.25) is 14.5 Å². The first-order chi connectivity index (χ1) is 16.8. The van der Waals surface area contributed by atoms with Crippen LogP contribution in [0.25, 0.3) is 10.8 Å². The van der Waals surface area contributed by atoms with Crippen molar-refractivity contribution in [1.82, 2.24) is 24.6 Å². The van der Waals surface area contributed by atoms with Crippen LogP contribution in [-0.4, -0.2) is 50.3 Å². The van der Waals surface area contributed by atoms with Gasteiger partial charge in [-0.25, -0.2) is 9.07 Å². The normalized spacial score (nSPS) is 18.8. The molecule has 1 aromatic carbocycles. The van der Waals surface area contributed by atoms with Crippen LogP contribution < -0.4 is 10.9 Å². The van der Waals surface area contributed by atoms with Gasteiger partial charge >= 0.3 is 0 Å². The lowest BCUT2D eigenvalue weighted by Gasteiger charge is -2.39. The summed E-state index contributed by atoms with van der Waals surface area (Å²) in [5, 5.41) is 8.44. The summed E-state index contributed by atoms with van der Waals surface area (Å²) in [7, 11) is 0. The molecule has 2 aromatic heterocycles. The van der Waals surface area contributed by atoms with Crippen LogP contribution in [0.1, 0.15) is 56.5 Å². The molecule has 8 heteroatoms. The van der Waals surface area contributed by atoms with Gasteiger partial charge in [0.15, 0.2) is 0 Å². The van der Waals surface area contributed by atoms with E-state index in [9.17, 15) is 14.0 Å². The van der Waals surface area contributed by atoms with Crippen molar-refractivity contribution in [2.24, 2.45) is 0 Å². The number of hydrogen-bond acceptors (Lipinski definition) is 4. The van der Waals surface area contributed by atoms with E-state index in [-0.39, 0.29) is 23.8 Å². The number of halogens is 1. The van der Waals surface area contributed by atoms with Gasteiger partial charge in [-0.2, -0.15) is 5.10 Å². The molecule has 3 heterocycles. The van der Waals surface area contributed by atoms with Gasteiger partial charge in [0.1, 0.15) is 12.4 Å². The van der Waals surface area contributed by atoms with Crippen LogP contribution in [0.2, 0.25) is 0 Å². The lowest BCUT2D eigenvalue weighted by Crippen LogP contribution is -2.45. The molecule has 35 heavy (non-hydrogen) atoms. The van der Waals surface area contributed by atoms with Crippen LogP contribution in [-0.2, 0) is 17.9 Å². The number of amides is 1. The highest BCUT2D eigenvalue weighted by atomic mass is 19.1. The number of benzene rings is 1. The Labute approximate surface area is 205 Å². The Balaban J connectivity index is 1.42. The van der Waals surface area contributed by atoms with E-state index >= 15 is 0 Å². The van der Waals surface area contributed by atoms with Gasteiger partial charge in [0.05, 0.1) is 18.1 Å². The average Bonchev–Trinajstić information content (AvgIpc) is 3.06. The zero-order valence-electron chi connectivity index (χ0n) is 21.2. The number of rotatable bonds is 8. The Hall–Kier alpha value is -3.00. The predicted molar refractivity (Wildman–Crippen MR) is 136 cm³/mol. The average molecular weight is 482 g/mol. The van der Waals surface area contributed by atoms with Crippen molar-refractivity contribution in [3.63, 3.8) is 0 Å². The molecule has 4 rings (SSSR count). The highest BCUT2D eigenvalue weighted by molar-refractivity contribution is 5.87. The van der Waals surface area contributed by atoms with Crippen molar-refractivity contribution in [3.05, 3.63) is 63.6 Å². The van der Waals surface area contributed by atoms with Gasteiger partial charge in [-0.05, 0) is 53.0 Å². The SMILES string of the molecule is Cc1c2cnn(CC(=O)NCCCN3[C@H](C)CCC[C@H]3C)c(=O)c2c(C)n1Cc1ccccc1F. The second-order valence-electron chi connectivity index (χ2n) is 9.81. The lowest BCUT2D eigenvalue weighted by molar-refractivity contribution is -0.121. The van der Waals surface area contributed by atoms with Crippen molar-refractivity contribution in [1.29, 1.82) is 0 Å². The van der Waals surface area contributed by atoms with E-state index in [1.54, 1.807) is 24.4 Å². The van der Waals surface area contributed by atoms with Gasteiger partial charge in [-0.15, -0.1) is 0 Å². The van der Waals surface area contributed by atoms with E-state index in [1.807, 2.05) is 18.4 Å². The minimum atomic E-state index is -0.304. The summed E-state index contributed by atoms with van der Waals surface area (Å²) in [6, 6.07) is 7.80. The van der Waals surface area contributed by atoms with E-state index in [1.165, 1.54) is 30.0 Å². The van der Waals surface area contributed by atoms with Crippen LogP contribution in [0, 0.1) is 19.7 Å². The van der Waals surface area contributed by atoms with Gasteiger partial charge < -0.3 is 9.88 Å². The standard InChI is InChI=1S/C27H36FN5O2/c1-18-9-7-10-19(2)31(18)14-8-13-29-25(34)17-33-27(35)26-21(4)32(20(3)23(26)15-30-33)16-22-11-5-6-12-24(22)28/h5-6,11-12,15,18-19H,7-10,13-14,16-17H2,1-4H3,(H,29,34)/t18-,19-/m1/s1. The number of hydrogen-bond donors (Lipinski definition) is 1. The Morgan fingerprint density at radius 1 is 1.14 bits per heavy atom. The van der Waals surface area contributed by atoms with Crippen molar-refractivity contribution >= 4 is 16.7 Å². The molecule has 0 aliphatic carbocycles. The lowest BCUT2D eigenvalue weighted by atomic mass is 9.97. The summed E-state index contributed by atoms with van der Waals surface area (Å²) in [6.07, 6.45) is 6.25. The van der Waals surface area contributed by atoms with Crippen LogP contribution in [0.15, 0.2) is 35.3 Å². The molecule has 0 bridgehead atoms. The van der Waals surface area contributed by atoms with Crippen LogP contribution in [0.5, 0.6) is 0 Å². The monoisotopic (exact) mass is 481 g/mol. The van der Waals surface area contributed by atoms with Gasteiger partial charge in [0.2, 0.25) is 5.91 Å². The van der Waals surface area contributed by atoms with E-state index in [0.29, 0.717) is 36.1 Å². The molecule has 3 aromatic rings. The molecule has 2 atom stereocenters. The van der Waals surface area contributed by atoms with E-state index in [4.69, 9.17) is 0 Å². The third-order valence-electron chi connectivity index (χ3n) is 7.48. The molecule has 0 unspecified atom stereocenters. The maximum atomic E-state index is 14.2. The number of likely N-dealkylation sites (tertiary alicyclic amines) is 1. The summed E-state index contributed by atoms with van der Waals surface area (Å²) in [6.45, 7) is 10.0. The van der Waals surface area contributed by atoms with Crippen molar-refractivity contribution < 1.29 is 9.18 Å². The molecule has 1 N–H and O–H groups in total. The quantitative estimate of drug-likeness (QED) is 0.497. The second-order valence-corrected chi connectivity index (χ2v) is 9.81. The number of nitrogens with one attached hydrogen (secondary N) is 1. The molecule has 0 spiro atoms. The molecule has 1 fully saturated rings. The fourth-order valence-corrected chi connectivity index (χ4v) is 5.39. The minimum absolute atomic E-state index is 0.123. The maximum absolute atomic E-state index is 14.2. The van der Waals surface area contributed by atoms with Crippen molar-refractivity contribution in [2.45, 2.75) is 78.6 Å². The molecule has 1 saturated heterocycles. The zero-order chi connectivity index (χ0) is 25.1. The molecular weight excluding hydrogens is 445 g/mol. The van der Waals surface area contributed by atoms with Crippen LogP contribution in [0.3, 0.4) is 0 Å². The highest BCUT2D eigenvalue weighted by Gasteiger charge is 2.24. The van der Waals surface area contributed by atoms with Crippen molar-refractivity contribution in [3.8, 4) is 0 Å². The second kappa shape index (κ2) is 10.7. The summed E-state index contributed by atoms with van der Waals surface area (Å²) in [5.41, 5.74) is 1.84. The number of nitrogens with zero attached hydrogens (tertiary/aromatic N) is 4. The smallest absolute Gasteiger partial charge is 0.276 e. The third-order valence-corrected chi connectivity index (χ3v) is 7.48. The molecule has 1 amide bonds. The molecule has 188 valence electrons. The summed E-state index contributed by atoms with van der Waals surface area (Å²) in [4.78, 5) is 28.3. The topological polar surface area (TPSA) is 72.2 Å². The first-order valence-electron chi connectivity index (χ1n) is 12.6. The largest absolute Gasteiger partial charge is 0.354 e. The fraction of sp³-hybridized carbons (Fsp3) is 0.519. The van der Waals surface area contributed by atoms with Crippen molar-refractivity contribution in [2.75, 3.05) is 13.1 Å². The number of carbonyl (C=O) groups excluding carboxylic acids is 1. The van der Waals surface area contributed by atoms with Crippen LogP contribution >= 0.6 is 0 Å². The van der Waals surface area contributed by atoms with Gasteiger partial charge in [-0.1, -0.05) is 24.6 Å². The number of aromatic nitrogens is 3. The van der Waals surface area contributed by atoms with Crippen LogP contribution in [0.4, 0.5) is 4.39 Å². The predicted octanol–water partition coefficient (Wildman–Crippen LogP) is 3.77. The first kappa shape index (κ1) is 25.1. The molecular formula is C27H36FN5O2. The third kappa shape index (κ3) is 5.32. The minimum Gasteiger partial charge on any atom is -0.354 e. The number of fused-ring (bicyclic) bond motifs is 1. The summed E-state index contributed by atoms with van der Waals surface area (Å²) >= 11 is 0. The maximum Gasteiger partial charge on any atom is 0.276 e. The number of piperidine rings is 1.